The maximum Gasteiger partial charge on any atom is 0.334 e. The van der Waals surface area contributed by atoms with Crippen molar-refractivity contribution in [2.75, 3.05) is 0 Å². The predicted octanol–water partition coefficient (Wildman–Crippen LogP) is 0.892. The summed E-state index contributed by atoms with van der Waals surface area (Å²) in [6.07, 6.45) is 1.67. The first-order valence-corrected chi connectivity index (χ1v) is 4.83. The van der Waals surface area contributed by atoms with Crippen LogP contribution in [0.3, 0.4) is 0 Å². The molecule has 5 heteroatoms. The fraction of sp³-hybridized carbons (Fsp3) is 0.0909. The first-order valence-electron chi connectivity index (χ1n) is 4.83. The van der Waals surface area contributed by atoms with Crippen LogP contribution in [-0.4, -0.2) is 19.1 Å². The van der Waals surface area contributed by atoms with Crippen LogP contribution in [-0.2, 0) is 7.05 Å². The molecule has 0 fully saturated rings. The van der Waals surface area contributed by atoms with E-state index in [9.17, 15) is 9.90 Å². The topological polar surface area (TPSA) is 59.5 Å². The van der Waals surface area contributed by atoms with Gasteiger partial charge in [-0.15, -0.1) is 0 Å². The summed E-state index contributed by atoms with van der Waals surface area (Å²) in [7, 11) is 1.69. The lowest BCUT2D eigenvalue weighted by Crippen LogP contribution is -2.22. The number of phenolic OH excluding ortho intramolecular Hbond substituents is 1. The second-order valence-corrected chi connectivity index (χ2v) is 3.69. The standard InChI is InChI=1S/C11H9N3O2/c1-13-5-4-10-12-8-6-7(15)2-3-9(8)14(10)11(13)16/h2-6,15H,1H3. The Kier molecular flexibility index (Phi) is 1.60. The molecular weight excluding hydrogens is 206 g/mol. The van der Waals surface area contributed by atoms with Gasteiger partial charge >= 0.3 is 5.69 Å². The van der Waals surface area contributed by atoms with Crippen molar-refractivity contribution in [3.63, 3.8) is 0 Å². The van der Waals surface area contributed by atoms with Crippen LogP contribution in [0.4, 0.5) is 0 Å². The molecule has 0 aliphatic carbocycles. The normalized spacial score (nSPS) is 11.3. The number of benzene rings is 1. The van der Waals surface area contributed by atoms with E-state index >= 15 is 0 Å². The number of fused-ring (bicyclic) bond motifs is 3. The summed E-state index contributed by atoms with van der Waals surface area (Å²) in [6, 6.07) is 6.54. The zero-order chi connectivity index (χ0) is 11.3. The Morgan fingerprint density at radius 2 is 2.12 bits per heavy atom. The molecule has 0 saturated heterocycles. The molecule has 1 N–H and O–H groups in total. The Hall–Kier alpha value is -2.30. The van der Waals surface area contributed by atoms with E-state index in [2.05, 4.69) is 4.98 Å². The lowest BCUT2D eigenvalue weighted by molar-refractivity contribution is 0.476. The molecule has 0 amide bonds. The number of imidazole rings is 1. The molecule has 80 valence electrons. The van der Waals surface area contributed by atoms with E-state index in [-0.39, 0.29) is 11.4 Å². The van der Waals surface area contributed by atoms with Gasteiger partial charge < -0.3 is 9.67 Å². The first kappa shape index (κ1) is 8.96. The van der Waals surface area contributed by atoms with Crippen molar-refractivity contribution in [3.05, 3.63) is 40.9 Å². The van der Waals surface area contributed by atoms with E-state index in [0.29, 0.717) is 16.7 Å². The summed E-state index contributed by atoms with van der Waals surface area (Å²) in [4.78, 5) is 16.2. The van der Waals surface area contributed by atoms with Gasteiger partial charge in [0.05, 0.1) is 11.0 Å². The molecule has 0 aliphatic heterocycles. The Balaban J connectivity index is 2.63. The van der Waals surface area contributed by atoms with Gasteiger partial charge in [0.2, 0.25) is 0 Å². The van der Waals surface area contributed by atoms with E-state index in [0.717, 1.165) is 0 Å². The number of nitrogens with zero attached hydrogens (tertiary/aromatic N) is 3. The summed E-state index contributed by atoms with van der Waals surface area (Å²) in [5, 5.41) is 9.35. The summed E-state index contributed by atoms with van der Waals surface area (Å²) in [5.74, 6) is 0.146. The maximum atomic E-state index is 11.9. The molecule has 0 atom stereocenters. The van der Waals surface area contributed by atoms with Gasteiger partial charge in [0.15, 0.2) is 0 Å². The molecule has 0 spiro atoms. The minimum Gasteiger partial charge on any atom is -0.508 e. The summed E-state index contributed by atoms with van der Waals surface area (Å²) < 4.78 is 3.01. The highest BCUT2D eigenvalue weighted by Crippen LogP contribution is 2.19. The molecule has 5 nitrogen and oxygen atoms in total. The van der Waals surface area contributed by atoms with Crippen molar-refractivity contribution < 1.29 is 5.11 Å². The van der Waals surface area contributed by atoms with Gasteiger partial charge in [-0.3, -0.25) is 0 Å². The van der Waals surface area contributed by atoms with Gasteiger partial charge in [0.25, 0.3) is 0 Å². The van der Waals surface area contributed by atoms with Crippen molar-refractivity contribution in [3.8, 4) is 5.75 Å². The minimum atomic E-state index is -0.148. The molecule has 0 radical (unpaired) electrons. The zero-order valence-corrected chi connectivity index (χ0v) is 8.58. The molecule has 2 aromatic heterocycles. The third-order valence-electron chi connectivity index (χ3n) is 2.60. The van der Waals surface area contributed by atoms with E-state index in [1.807, 2.05) is 0 Å². The Morgan fingerprint density at radius 3 is 2.94 bits per heavy atom. The van der Waals surface area contributed by atoms with Gasteiger partial charge in [-0.1, -0.05) is 0 Å². The third-order valence-corrected chi connectivity index (χ3v) is 2.60. The van der Waals surface area contributed by atoms with Crippen LogP contribution < -0.4 is 5.69 Å². The second kappa shape index (κ2) is 2.85. The van der Waals surface area contributed by atoms with E-state index in [4.69, 9.17) is 0 Å². The van der Waals surface area contributed by atoms with Crippen molar-refractivity contribution in [2.45, 2.75) is 0 Å². The predicted molar refractivity (Wildman–Crippen MR) is 59.6 cm³/mol. The summed E-state index contributed by atoms with van der Waals surface area (Å²) in [6.45, 7) is 0. The third kappa shape index (κ3) is 1.05. The van der Waals surface area contributed by atoms with Crippen LogP contribution >= 0.6 is 0 Å². The van der Waals surface area contributed by atoms with Gasteiger partial charge in [-0.25, -0.2) is 14.2 Å². The molecule has 2 heterocycles. The monoisotopic (exact) mass is 215 g/mol. The number of aromatic nitrogens is 3. The SMILES string of the molecule is Cn1ccc2nc3cc(O)ccc3n2c1=O. The van der Waals surface area contributed by atoms with Gasteiger partial charge in [0, 0.05) is 19.3 Å². The number of rotatable bonds is 0. The summed E-state index contributed by atoms with van der Waals surface area (Å²) in [5.41, 5.74) is 1.76. The highest BCUT2D eigenvalue weighted by Gasteiger charge is 2.07. The van der Waals surface area contributed by atoms with E-state index in [1.54, 1.807) is 37.5 Å². The van der Waals surface area contributed by atoms with Crippen LogP contribution in [0.25, 0.3) is 16.7 Å². The van der Waals surface area contributed by atoms with Gasteiger partial charge in [-0.05, 0) is 18.2 Å². The molecule has 3 rings (SSSR count). The largest absolute Gasteiger partial charge is 0.508 e. The fourth-order valence-electron chi connectivity index (χ4n) is 1.80. The quantitative estimate of drug-likeness (QED) is 0.606. The average Bonchev–Trinajstić information content (AvgIpc) is 2.61. The number of aryl methyl sites for hydroxylation is 1. The molecule has 16 heavy (non-hydrogen) atoms. The van der Waals surface area contributed by atoms with E-state index in [1.165, 1.54) is 8.97 Å². The van der Waals surface area contributed by atoms with Crippen molar-refractivity contribution in [2.24, 2.45) is 7.05 Å². The van der Waals surface area contributed by atoms with E-state index < -0.39 is 0 Å². The Labute approximate surface area is 90.2 Å². The van der Waals surface area contributed by atoms with Crippen molar-refractivity contribution in [1.29, 1.82) is 0 Å². The van der Waals surface area contributed by atoms with Crippen molar-refractivity contribution in [1.82, 2.24) is 14.0 Å². The number of phenols is 1. The highest BCUT2D eigenvalue weighted by molar-refractivity contribution is 5.81. The van der Waals surface area contributed by atoms with Gasteiger partial charge in [-0.2, -0.15) is 0 Å². The zero-order valence-electron chi connectivity index (χ0n) is 8.58. The fourth-order valence-corrected chi connectivity index (χ4v) is 1.80. The lowest BCUT2D eigenvalue weighted by Gasteiger charge is -1.98. The first-order chi connectivity index (χ1) is 7.66. The highest BCUT2D eigenvalue weighted by atomic mass is 16.3. The van der Waals surface area contributed by atoms with Crippen molar-refractivity contribution >= 4 is 16.7 Å². The number of aromatic hydroxyl groups is 1. The number of hydrogen-bond acceptors (Lipinski definition) is 3. The molecule has 0 bridgehead atoms. The second-order valence-electron chi connectivity index (χ2n) is 3.69. The molecular formula is C11H9N3O2. The molecule has 3 aromatic rings. The molecule has 0 aliphatic rings. The molecule has 0 saturated carbocycles. The maximum absolute atomic E-state index is 11.9. The number of hydrogen-bond donors (Lipinski definition) is 1. The Morgan fingerprint density at radius 1 is 1.31 bits per heavy atom. The van der Waals surface area contributed by atoms with Crippen LogP contribution in [0.15, 0.2) is 35.3 Å². The minimum absolute atomic E-state index is 0.146. The smallest absolute Gasteiger partial charge is 0.334 e. The van der Waals surface area contributed by atoms with Crippen LogP contribution in [0.1, 0.15) is 0 Å². The molecule has 0 unspecified atom stereocenters. The average molecular weight is 215 g/mol. The van der Waals surface area contributed by atoms with Crippen LogP contribution in [0.5, 0.6) is 5.75 Å². The Bertz CT molecular complexity index is 755. The lowest BCUT2D eigenvalue weighted by atomic mass is 10.3. The van der Waals surface area contributed by atoms with Gasteiger partial charge in [0.1, 0.15) is 11.4 Å². The summed E-state index contributed by atoms with van der Waals surface area (Å²) >= 11 is 0. The van der Waals surface area contributed by atoms with Crippen LogP contribution in [0.2, 0.25) is 0 Å². The molecule has 1 aromatic carbocycles. The van der Waals surface area contributed by atoms with Crippen LogP contribution in [0, 0.1) is 0 Å².